The molecular formula is C15H18OSe. The number of benzene rings is 1. The minimum absolute atomic E-state index is 0.434. The van der Waals surface area contributed by atoms with Gasteiger partial charge in [0.25, 0.3) is 0 Å². The van der Waals surface area contributed by atoms with Crippen LogP contribution in [0.3, 0.4) is 0 Å². The fourth-order valence-corrected chi connectivity index (χ4v) is 6.81. The molecule has 1 aromatic rings. The summed E-state index contributed by atoms with van der Waals surface area (Å²) in [4.78, 5) is 13.5. The van der Waals surface area contributed by atoms with Crippen LogP contribution in [0, 0.1) is 5.92 Å². The van der Waals surface area contributed by atoms with E-state index < -0.39 is 0 Å². The van der Waals surface area contributed by atoms with Crippen molar-refractivity contribution in [2.75, 3.05) is 0 Å². The Kier molecular flexibility index (Phi) is 3.35. The average molecular weight is 293 g/mol. The molecule has 2 heteroatoms. The zero-order valence-corrected chi connectivity index (χ0v) is 11.7. The van der Waals surface area contributed by atoms with Crippen molar-refractivity contribution in [3.05, 3.63) is 35.9 Å². The molecule has 1 aliphatic heterocycles. The Morgan fingerprint density at radius 1 is 1.06 bits per heavy atom. The maximum absolute atomic E-state index is 12.2. The van der Waals surface area contributed by atoms with E-state index in [1.165, 1.54) is 31.2 Å². The number of hydrogen-bond acceptors (Lipinski definition) is 1. The van der Waals surface area contributed by atoms with Crippen LogP contribution >= 0.6 is 0 Å². The summed E-state index contributed by atoms with van der Waals surface area (Å²) < 4.78 is 0. The van der Waals surface area contributed by atoms with Crippen molar-refractivity contribution in [3.63, 3.8) is 0 Å². The van der Waals surface area contributed by atoms with Gasteiger partial charge in [-0.2, -0.15) is 0 Å². The zero-order valence-electron chi connectivity index (χ0n) is 9.97. The van der Waals surface area contributed by atoms with Crippen LogP contribution in [-0.4, -0.2) is 20.7 Å². The number of fused-ring (bicyclic) bond motifs is 1. The summed E-state index contributed by atoms with van der Waals surface area (Å²) in [6.07, 6.45) is 5.91. The molecule has 17 heavy (non-hydrogen) atoms. The summed E-state index contributed by atoms with van der Waals surface area (Å²) in [5.74, 6) is 0.986. The van der Waals surface area contributed by atoms with Crippen molar-refractivity contribution in [2.24, 2.45) is 5.92 Å². The second-order valence-electron chi connectivity index (χ2n) is 5.14. The number of carbonyl (C=O) groups is 1. The van der Waals surface area contributed by atoms with Crippen LogP contribution in [0.2, 0.25) is 4.82 Å². The van der Waals surface area contributed by atoms with E-state index in [-0.39, 0.29) is 0 Å². The molecule has 0 amide bonds. The number of carbonyl (C=O) groups excluding carboxylic acids is 1. The third-order valence-electron chi connectivity index (χ3n) is 4.01. The first-order valence-electron chi connectivity index (χ1n) is 6.58. The SMILES string of the molecule is O=C1C[C@H](c2ccccc2)[Se][C@H]2CCCC[C@@H]12. The van der Waals surface area contributed by atoms with Gasteiger partial charge in [0.05, 0.1) is 0 Å². The minimum atomic E-state index is 0.434. The van der Waals surface area contributed by atoms with E-state index in [1.54, 1.807) is 0 Å². The molecule has 2 aliphatic rings. The monoisotopic (exact) mass is 294 g/mol. The van der Waals surface area contributed by atoms with Gasteiger partial charge >= 0.3 is 109 Å². The summed E-state index contributed by atoms with van der Waals surface area (Å²) in [5, 5.41) is 0. The third kappa shape index (κ3) is 2.34. The van der Waals surface area contributed by atoms with E-state index in [0.29, 0.717) is 31.5 Å². The summed E-state index contributed by atoms with van der Waals surface area (Å²) >= 11 is 0.625. The van der Waals surface area contributed by atoms with Crippen molar-refractivity contribution in [1.29, 1.82) is 0 Å². The summed E-state index contributed by atoms with van der Waals surface area (Å²) in [6, 6.07) is 10.7. The Bertz CT molecular complexity index is 401. The van der Waals surface area contributed by atoms with Crippen LogP contribution in [0.1, 0.15) is 42.5 Å². The second-order valence-corrected chi connectivity index (χ2v) is 8.17. The summed E-state index contributed by atoms with van der Waals surface area (Å²) in [6.45, 7) is 0. The van der Waals surface area contributed by atoms with Gasteiger partial charge in [0.1, 0.15) is 0 Å². The van der Waals surface area contributed by atoms with Gasteiger partial charge in [-0.3, -0.25) is 0 Å². The molecule has 1 heterocycles. The van der Waals surface area contributed by atoms with Gasteiger partial charge in [-0.25, -0.2) is 0 Å². The van der Waals surface area contributed by atoms with Crippen LogP contribution in [0.15, 0.2) is 30.3 Å². The maximum atomic E-state index is 12.2. The molecule has 0 aromatic heterocycles. The average Bonchev–Trinajstić information content (AvgIpc) is 2.40. The van der Waals surface area contributed by atoms with E-state index in [0.717, 1.165) is 11.2 Å². The molecule has 1 saturated heterocycles. The van der Waals surface area contributed by atoms with E-state index in [1.807, 2.05) is 0 Å². The number of ketones is 1. The molecule has 2 fully saturated rings. The Morgan fingerprint density at radius 2 is 1.82 bits per heavy atom. The van der Waals surface area contributed by atoms with Crippen LogP contribution in [-0.2, 0) is 4.79 Å². The molecule has 3 rings (SSSR count). The predicted octanol–water partition coefficient (Wildman–Crippen LogP) is 3.38. The van der Waals surface area contributed by atoms with Crippen molar-refractivity contribution in [3.8, 4) is 0 Å². The van der Waals surface area contributed by atoms with Gasteiger partial charge in [-0.15, -0.1) is 0 Å². The number of rotatable bonds is 1. The fraction of sp³-hybridized carbons (Fsp3) is 0.533. The van der Waals surface area contributed by atoms with Crippen LogP contribution < -0.4 is 0 Å². The molecule has 90 valence electrons. The molecule has 1 nitrogen and oxygen atoms in total. The normalized spacial score (nSPS) is 33.2. The summed E-state index contributed by atoms with van der Waals surface area (Å²) in [7, 11) is 0. The predicted molar refractivity (Wildman–Crippen MR) is 70.3 cm³/mol. The second kappa shape index (κ2) is 4.96. The van der Waals surface area contributed by atoms with Crippen molar-refractivity contribution in [1.82, 2.24) is 0 Å². The van der Waals surface area contributed by atoms with Crippen molar-refractivity contribution < 1.29 is 4.79 Å². The summed E-state index contributed by atoms with van der Waals surface area (Å²) in [5.41, 5.74) is 1.39. The standard InChI is InChI=1S/C15H18OSe/c16-13-10-15(11-6-2-1-3-7-11)17-14-9-5-4-8-12(13)14/h1-3,6-7,12,14-15H,4-5,8-10H2/t12-,14-,15+/m0/s1. The Hall–Kier alpha value is -0.591. The molecule has 0 N–H and O–H groups in total. The van der Waals surface area contributed by atoms with Gasteiger partial charge in [-0.1, -0.05) is 0 Å². The topological polar surface area (TPSA) is 17.1 Å². The molecule has 0 radical (unpaired) electrons. The first-order valence-corrected chi connectivity index (χ1v) is 8.55. The van der Waals surface area contributed by atoms with Crippen molar-refractivity contribution >= 4 is 20.7 Å². The van der Waals surface area contributed by atoms with Crippen LogP contribution in [0.4, 0.5) is 0 Å². The first-order chi connectivity index (χ1) is 8.34. The molecule has 1 saturated carbocycles. The number of Topliss-reactive ketones (excluding diaryl/α,β-unsaturated/α-hetero) is 1. The van der Waals surface area contributed by atoms with Gasteiger partial charge < -0.3 is 0 Å². The third-order valence-corrected chi connectivity index (χ3v) is 7.54. The molecule has 1 aromatic carbocycles. The van der Waals surface area contributed by atoms with E-state index in [2.05, 4.69) is 30.3 Å². The molecule has 0 spiro atoms. The van der Waals surface area contributed by atoms with Crippen molar-refractivity contribution in [2.45, 2.75) is 41.7 Å². The van der Waals surface area contributed by atoms with E-state index in [4.69, 9.17) is 0 Å². The molecule has 0 bridgehead atoms. The van der Waals surface area contributed by atoms with E-state index >= 15 is 0 Å². The molecule has 0 unspecified atom stereocenters. The van der Waals surface area contributed by atoms with Gasteiger partial charge in [-0.05, 0) is 0 Å². The van der Waals surface area contributed by atoms with Gasteiger partial charge in [0.2, 0.25) is 0 Å². The number of hydrogen-bond donors (Lipinski definition) is 0. The van der Waals surface area contributed by atoms with E-state index in [9.17, 15) is 4.79 Å². The zero-order chi connectivity index (χ0) is 11.7. The van der Waals surface area contributed by atoms with Crippen LogP contribution in [0.25, 0.3) is 0 Å². The molecule has 3 atom stereocenters. The Labute approximate surface area is 109 Å². The molecule has 1 aliphatic carbocycles. The molecular weight excluding hydrogens is 275 g/mol. The fourth-order valence-electron chi connectivity index (χ4n) is 3.09. The first kappa shape index (κ1) is 11.5. The van der Waals surface area contributed by atoms with Crippen LogP contribution in [0.5, 0.6) is 0 Å². The van der Waals surface area contributed by atoms with Gasteiger partial charge in [0.15, 0.2) is 0 Å². The quantitative estimate of drug-likeness (QED) is 0.725. The Morgan fingerprint density at radius 3 is 2.65 bits per heavy atom. The van der Waals surface area contributed by atoms with Gasteiger partial charge in [0, 0.05) is 0 Å². The Balaban J connectivity index is 1.79.